The van der Waals surface area contributed by atoms with Crippen LogP contribution in [0.1, 0.15) is 221 Å². The minimum absolute atomic E-state index is 0.0252. The van der Waals surface area contributed by atoms with Crippen LogP contribution in [-0.2, 0) is 33.3 Å². The SMILES string of the molecule is CCCCCCCCC(CCCCCCCC)C(=O)O[C@@H]1[C@@H](OC(=O)C(CCCCCCCC)CCCCCCCC)CO[C@@H]1COC(=O)C1(C)CCN(C)C1. The molecule has 2 aliphatic rings. The number of esters is 3. The zero-order chi connectivity index (χ0) is 40.9. The van der Waals surface area contributed by atoms with Crippen LogP contribution in [0.3, 0.4) is 0 Å². The maximum Gasteiger partial charge on any atom is 0.313 e. The molecule has 0 radical (unpaired) electrons. The Morgan fingerprint density at radius 3 is 1.39 bits per heavy atom. The zero-order valence-electron chi connectivity index (χ0n) is 37.5. The minimum Gasteiger partial charge on any atom is -0.462 e. The molecule has 0 amide bonds. The largest absolute Gasteiger partial charge is 0.462 e. The van der Waals surface area contributed by atoms with Gasteiger partial charge in [-0.15, -0.1) is 0 Å². The van der Waals surface area contributed by atoms with Gasteiger partial charge in [0.2, 0.25) is 0 Å². The van der Waals surface area contributed by atoms with Crippen molar-refractivity contribution in [3.63, 3.8) is 0 Å². The Morgan fingerprint density at radius 2 is 1.00 bits per heavy atom. The van der Waals surface area contributed by atoms with Gasteiger partial charge in [-0.25, -0.2) is 0 Å². The van der Waals surface area contributed by atoms with Gasteiger partial charge in [0.1, 0.15) is 12.7 Å². The van der Waals surface area contributed by atoms with Crippen molar-refractivity contribution in [2.45, 2.75) is 239 Å². The first-order chi connectivity index (χ1) is 27.2. The third-order valence-electron chi connectivity index (χ3n) is 12.6. The second kappa shape index (κ2) is 31.3. The molecule has 328 valence electrons. The Balaban J connectivity index is 2.19. The van der Waals surface area contributed by atoms with Crippen LogP contribution in [0.25, 0.3) is 0 Å². The van der Waals surface area contributed by atoms with Crippen LogP contribution in [0.2, 0.25) is 0 Å². The van der Waals surface area contributed by atoms with Gasteiger partial charge in [-0.2, -0.15) is 0 Å². The molecular weight excluding hydrogens is 703 g/mol. The van der Waals surface area contributed by atoms with Gasteiger partial charge in [0.15, 0.2) is 12.2 Å². The summed E-state index contributed by atoms with van der Waals surface area (Å²) < 4.78 is 24.8. The zero-order valence-corrected chi connectivity index (χ0v) is 37.5. The highest BCUT2D eigenvalue weighted by Gasteiger charge is 2.46. The molecule has 2 rings (SSSR count). The molecule has 0 aliphatic carbocycles. The van der Waals surface area contributed by atoms with Crippen LogP contribution in [0, 0.1) is 17.3 Å². The predicted octanol–water partition coefficient (Wildman–Crippen LogP) is 12.3. The van der Waals surface area contributed by atoms with Gasteiger partial charge in [0.05, 0.1) is 23.9 Å². The third kappa shape index (κ3) is 20.8. The molecule has 2 heterocycles. The fraction of sp³-hybridized carbons (Fsp3) is 0.938. The van der Waals surface area contributed by atoms with Crippen molar-refractivity contribution >= 4 is 17.9 Å². The van der Waals surface area contributed by atoms with Crippen molar-refractivity contribution in [2.24, 2.45) is 17.3 Å². The first kappa shape index (κ1) is 50.5. The van der Waals surface area contributed by atoms with Crippen molar-refractivity contribution < 1.29 is 33.3 Å². The monoisotopic (exact) mass is 792 g/mol. The molecule has 0 saturated carbocycles. The molecule has 2 fully saturated rings. The molecule has 0 aromatic rings. The molecule has 56 heavy (non-hydrogen) atoms. The second-order valence-corrected chi connectivity index (χ2v) is 18.0. The van der Waals surface area contributed by atoms with E-state index in [0.717, 1.165) is 90.0 Å². The maximum absolute atomic E-state index is 14.1. The summed E-state index contributed by atoms with van der Waals surface area (Å²) in [6, 6.07) is 0. The molecule has 0 N–H and O–H groups in total. The first-order valence-electron chi connectivity index (χ1n) is 24.1. The second-order valence-electron chi connectivity index (χ2n) is 18.0. The summed E-state index contributed by atoms with van der Waals surface area (Å²) in [5, 5.41) is 0. The average molecular weight is 792 g/mol. The van der Waals surface area contributed by atoms with Gasteiger partial charge in [0.25, 0.3) is 0 Å². The lowest BCUT2D eigenvalue weighted by molar-refractivity contribution is -0.174. The number of nitrogens with zero attached hydrogens (tertiary/aromatic N) is 1. The van der Waals surface area contributed by atoms with Gasteiger partial charge in [0, 0.05) is 6.54 Å². The highest BCUT2D eigenvalue weighted by molar-refractivity contribution is 5.77. The summed E-state index contributed by atoms with van der Waals surface area (Å²) in [6.45, 7) is 12.5. The van der Waals surface area contributed by atoms with Gasteiger partial charge in [-0.1, -0.05) is 182 Å². The average Bonchev–Trinajstić information content (AvgIpc) is 3.74. The van der Waals surface area contributed by atoms with E-state index in [2.05, 4.69) is 32.6 Å². The number of rotatable bonds is 35. The highest BCUT2D eigenvalue weighted by Crippen LogP contribution is 2.32. The summed E-state index contributed by atoms with van der Waals surface area (Å²) in [5.41, 5.74) is -0.578. The molecule has 0 spiro atoms. The molecular formula is C48H89NO7. The Labute approximate surface area is 345 Å². The van der Waals surface area contributed by atoms with Crippen molar-refractivity contribution in [2.75, 3.05) is 33.4 Å². The minimum atomic E-state index is -0.807. The molecule has 8 nitrogen and oxygen atoms in total. The highest BCUT2D eigenvalue weighted by atomic mass is 16.6. The summed E-state index contributed by atoms with van der Waals surface area (Å²) in [4.78, 5) is 43.6. The fourth-order valence-electron chi connectivity index (χ4n) is 8.65. The smallest absolute Gasteiger partial charge is 0.313 e. The Hall–Kier alpha value is -1.67. The lowest BCUT2D eigenvalue weighted by atomic mass is 9.90. The van der Waals surface area contributed by atoms with E-state index in [1.165, 1.54) is 103 Å². The van der Waals surface area contributed by atoms with E-state index in [1.54, 1.807) is 0 Å². The Kier molecular flexibility index (Phi) is 28.2. The lowest BCUT2D eigenvalue weighted by Gasteiger charge is -2.28. The molecule has 8 heteroatoms. The van der Waals surface area contributed by atoms with Crippen LogP contribution in [0.4, 0.5) is 0 Å². The van der Waals surface area contributed by atoms with E-state index in [1.807, 2.05) is 14.0 Å². The molecule has 0 aromatic heterocycles. The molecule has 0 aromatic carbocycles. The van der Waals surface area contributed by atoms with E-state index in [0.29, 0.717) is 6.54 Å². The number of hydrogen-bond donors (Lipinski definition) is 0. The van der Waals surface area contributed by atoms with Gasteiger partial charge in [-0.05, 0) is 52.6 Å². The standard InChI is InChI=1S/C48H89NO7/c1-7-11-15-19-23-27-31-40(32-28-24-20-16-12-8-2)45(50)55-43-38-53-42(37-54-47(52)48(5)35-36-49(6)39-48)44(43)56-46(51)41(33-29-25-21-17-13-9-3)34-30-26-22-18-14-10-4/h40-44H,7-39H2,1-6H3/t42-,43+,44+,48?/m1/s1. The Bertz CT molecular complexity index is 989. The van der Waals surface area contributed by atoms with Gasteiger partial charge < -0.3 is 23.8 Å². The van der Waals surface area contributed by atoms with Crippen LogP contribution in [0.5, 0.6) is 0 Å². The van der Waals surface area contributed by atoms with Crippen molar-refractivity contribution in [1.82, 2.24) is 4.90 Å². The Morgan fingerprint density at radius 1 is 0.607 bits per heavy atom. The van der Waals surface area contributed by atoms with Gasteiger partial charge in [-0.3, -0.25) is 14.4 Å². The van der Waals surface area contributed by atoms with Crippen molar-refractivity contribution in [3.05, 3.63) is 0 Å². The van der Waals surface area contributed by atoms with Crippen LogP contribution < -0.4 is 0 Å². The van der Waals surface area contributed by atoms with Crippen LogP contribution in [-0.4, -0.2) is 74.5 Å². The summed E-state index contributed by atoms with van der Waals surface area (Å²) in [7, 11) is 2.02. The van der Waals surface area contributed by atoms with E-state index in [-0.39, 0.29) is 43.0 Å². The van der Waals surface area contributed by atoms with E-state index < -0.39 is 23.7 Å². The van der Waals surface area contributed by atoms with Crippen molar-refractivity contribution in [3.8, 4) is 0 Å². The topological polar surface area (TPSA) is 91.4 Å². The quantitative estimate of drug-likeness (QED) is 0.0356. The number of hydrogen-bond acceptors (Lipinski definition) is 8. The molecule has 1 unspecified atom stereocenters. The number of carbonyl (C=O) groups is 3. The van der Waals surface area contributed by atoms with E-state index in [4.69, 9.17) is 18.9 Å². The van der Waals surface area contributed by atoms with E-state index in [9.17, 15) is 14.4 Å². The molecule has 2 saturated heterocycles. The summed E-state index contributed by atoms with van der Waals surface area (Å²) >= 11 is 0. The van der Waals surface area contributed by atoms with Crippen molar-refractivity contribution in [1.29, 1.82) is 0 Å². The summed E-state index contributed by atoms with van der Waals surface area (Å²) in [6.07, 6.45) is 30.0. The summed E-state index contributed by atoms with van der Waals surface area (Å²) in [5.74, 6) is -1.05. The number of carbonyl (C=O) groups excluding carboxylic acids is 3. The predicted molar refractivity (Wildman–Crippen MR) is 230 cm³/mol. The first-order valence-corrected chi connectivity index (χ1v) is 24.1. The van der Waals surface area contributed by atoms with E-state index >= 15 is 0 Å². The normalized spacial score (nSPS) is 21.3. The third-order valence-corrected chi connectivity index (χ3v) is 12.6. The fourth-order valence-corrected chi connectivity index (χ4v) is 8.65. The van der Waals surface area contributed by atoms with Gasteiger partial charge >= 0.3 is 17.9 Å². The number of ether oxygens (including phenoxy) is 4. The van der Waals surface area contributed by atoms with Crippen LogP contribution >= 0.6 is 0 Å². The lowest BCUT2D eigenvalue weighted by Crippen LogP contribution is -2.43. The molecule has 0 bridgehead atoms. The molecule has 2 aliphatic heterocycles. The number of unbranched alkanes of at least 4 members (excludes halogenated alkanes) is 20. The maximum atomic E-state index is 14.1. The molecule has 4 atom stereocenters. The van der Waals surface area contributed by atoms with Crippen LogP contribution in [0.15, 0.2) is 0 Å². The number of likely N-dealkylation sites (tertiary alicyclic amines) is 1.